The molecule has 1 aromatic carbocycles. The highest BCUT2D eigenvalue weighted by molar-refractivity contribution is 9.10. The van der Waals surface area contributed by atoms with Crippen LogP contribution in [-0.2, 0) is 4.74 Å². The molecule has 0 bridgehead atoms. The van der Waals surface area contributed by atoms with Crippen molar-refractivity contribution in [2.45, 2.75) is 19.4 Å². The molecule has 0 aromatic heterocycles. The van der Waals surface area contributed by atoms with Crippen LogP contribution in [0, 0.1) is 11.3 Å². The summed E-state index contributed by atoms with van der Waals surface area (Å²) >= 11 is 3.27. The number of carbonyl (C=O) groups excluding carboxylic acids is 1. The van der Waals surface area contributed by atoms with Crippen LogP contribution in [0.1, 0.15) is 24.2 Å². The van der Waals surface area contributed by atoms with Crippen LogP contribution >= 0.6 is 15.9 Å². The molecule has 0 spiro atoms. The molecule has 0 aliphatic rings. The fraction of sp³-hybridized carbons (Fsp3) is 0.273. The van der Waals surface area contributed by atoms with Gasteiger partial charge in [-0.2, -0.15) is 5.26 Å². The molecule has 1 aromatic rings. The number of benzene rings is 1. The third-order valence-corrected chi connectivity index (χ3v) is 2.23. The molecule has 0 amide bonds. The van der Waals surface area contributed by atoms with E-state index in [2.05, 4.69) is 15.9 Å². The zero-order chi connectivity index (χ0) is 11.5. The van der Waals surface area contributed by atoms with E-state index < -0.39 is 11.6 Å². The summed E-state index contributed by atoms with van der Waals surface area (Å²) in [6.45, 7) is 3.09. The monoisotopic (exact) mass is 267 g/mol. The highest BCUT2D eigenvalue weighted by Gasteiger charge is 2.22. The molecule has 0 N–H and O–H groups in total. The average Bonchev–Trinajstić information content (AvgIpc) is 2.18. The van der Waals surface area contributed by atoms with Gasteiger partial charge in [-0.05, 0) is 38.1 Å². The molecule has 15 heavy (non-hydrogen) atoms. The lowest BCUT2D eigenvalue weighted by molar-refractivity contribution is 0.0197. The molecule has 78 valence electrons. The minimum atomic E-state index is -1.09. The van der Waals surface area contributed by atoms with Crippen molar-refractivity contribution in [2.75, 3.05) is 0 Å². The third kappa shape index (κ3) is 3.37. The number of esters is 1. The Bertz CT molecular complexity index is 404. The Kier molecular flexibility index (Phi) is 3.48. The molecule has 1 rings (SSSR count). The van der Waals surface area contributed by atoms with Crippen LogP contribution in [0.5, 0.6) is 0 Å². The van der Waals surface area contributed by atoms with Gasteiger partial charge in [0.05, 0.1) is 5.56 Å². The maximum absolute atomic E-state index is 11.5. The van der Waals surface area contributed by atoms with Gasteiger partial charge in [-0.25, -0.2) is 4.79 Å². The summed E-state index contributed by atoms with van der Waals surface area (Å²) in [5, 5.41) is 8.70. The first-order valence-corrected chi connectivity index (χ1v) is 5.14. The second-order valence-corrected chi connectivity index (χ2v) is 4.43. The SMILES string of the molecule is CC(C)(C#N)OC(=O)c1ccc(Br)cc1. The minimum absolute atomic E-state index is 0.432. The standard InChI is InChI=1S/C11H10BrNO2/c1-11(2,7-13)15-10(14)8-3-5-9(12)6-4-8/h3-6H,1-2H3. The van der Waals surface area contributed by atoms with Crippen molar-refractivity contribution in [3.05, 3.63) is 34.3 Å². The molecular weight excluding hydrogens is 258 g/mol. The molecule has 0 radical (unpaired) electrons. The summed E-state index contributed by atoms with van der Waals surface area (Å²) in [4.78, 5) is 11.5. The van der Waals surface area contributed by atoms with E-state index in [1.165, 1.54) is 0 Å². The van der Waals surface area contributed by atoms with Crippen molar-refractivity contribution >= 4 is 21.9 Å². The Morgan fingerprint density at radius 2 is 1.93 bits per heavy atom. The molecule has 0 unspecified atom stereocenters. The van der Waals surface area contributed by atoms with Gasteiger partial charge < -0.3 is 4.74 Å². The maximum atomic E-state index is 11.5. The van der Waals surface area contributed by atoms with E-state index in [9.17, 15) is 4.79 Å². The molecule has 0 saturated heterocycles. The third-order valence-electron chi connectivity index (χ3n) is 1.70. The van der Waals surface area contributed by atoms with E-state index in [1.54, 1.807) is 38.1 Å². The Hall–Kier alpha value is -1.34. The maximum Gasteiger partial charge on any atom is 0.339 e. The van der Waals surface area contributed by atoms with E-state index in [0.29, 0.717) is 5.56 Å². The van der Waals surface area contributed by atoms with E-state index in [0.717, 1.165) is 4.47 Å². The predicted octanol–water partition coefficient (Wildman–Crippen LogP) is 2.91. The molecular formula is C11H10BrNO2. The highest BCUT2D eigenvalue weighted by Crippen LogP contribution is 2.14. The van der Waals surface area contributed by atoms with Crippen molar-refractivity contribution in [1.82, 2.24) is 0 Å². The summed E-state index contributed by atoms with van der Waals surface area (Å²) in [6.07, 6.45) is 0. The van der Waals surface area contributed by atoms with Crippen LogP contribution < -0.4 is 0 Å². The number of rotatable bonds is 2. The first-order chi connectivity index (χ1) is 6.94. The largest absolute Gasteiger partial charge is 0.441 e. The van der Waals surface area contributed by atoms with Gasteiger partial charge >= 0.3 is 5.97 Å². The molecule has 3 nitrogen and oxygen atoms in total. The topological polar surface area (TPSA) is 50.1 Å². The number of ether oxygens (including phenoxy) is 1. The van der Waals surface area contributed by atoms with Gasteiger partial charge in [-0.15, -0.1) is 0 Å². The number of halogens is 1. The molecule has 0 heterocycles. The molecule has 0 fully saturated rings. The van der Waals surface area contributed by atoms with Gasteiger partial charge in [-0.1, -0.05) is 15.9 Å². The van der Waals surface area contributed by atoms with Crippen LogP contribution in [0.15, 0.2) is 28.7 Å². The second kappa shape index (κ2) is 4.45. The van der Waals surface area contributed by atoms with Gasteiger partial charge in [0.2, 0.25) is 0 Å². The van der Waals surface area contributed by atoms with E-state index >= 15 is 0 Å². The fourth-order valence-corrected chi connectivity index (χ4v) is 1.16. The van der Waals surface area contributed by atoms with Crippen LogP contribution in [-0.4, -0.2) is 11.6 Å². The van der Waals surface area contributed by atoms with Crippen LogP contribution in [0.25, 0.3) is 0 Å². The van der Waals surface area contributed by atoms with Gasteiger partial charge in [0.25, 0.3) is 0 Å². The molecule has 0 saturated carbocycles. The van der Waals surface area contributed by atoms with Crippen molar-refractivity contribution in [1.29, 1.82) is 5.26 Å². The van der Waals surface area contributed by atoms with E-state index in [1.807, 2.05) is 6.07 Å². The van der Waals surface area contributed by atoms with E-state index in [4.69, 9.17) is 10.00 Å². The Morgan fingerprint density at radius 3 is 2.40 bits per heavy atom. The smallest absolute Gasteiger partial charge is 0.339 e. The van der Waals surface area contributed by atoms with Gasteiger partial charge in [0.1, 0.15) is 6.07 Å². The van der Waals surface area contributed by atoms with Crippen molar-refractivity contribution < 1.29 is 9.53 Å². The van der Waals surface area contributed by atoms with Crippen LogP contribution in [0.2, 0.25) is 0 Å². The first-order valence-electron chi connectivity index (χ1n) is 4.35. The summed E-state index contributed by atoms with van der Waals surface area (Å²) in [5.41, 5.74) is -0.661. The normalized spacial score (nSPS) is 10.5. The zero-order valence-corrected chi connectivity index (χ0v) is 10.0. The lowest BCUT2D eigenvalue weighted by Gasteiger charge is -2.16. The Morgan fingerprint density at radius 1 is 1.40 bits per heavy atom. The number of nitrogens with zero attached hydrogens (tertiary/aromatic N) is 1. The fourth-order valence-electron chi connectivity index (χ4n) is 0.899. The summed E-state index contributed by atoms with van der Waals surface area (Å²) in [6, 6.07) is 8.67. The summed E-state index contributed by atoms with van der Waals surface area (Å²) < 4.78 is 5.89. The highest BCUT2D eigenvalue weighted by atomic mass is 79.9. The van der Waals surface area contributed by atoms with Crippen molar-refractivity contribution in [2.24, 2.45) is 0 Å². The van der Waals surface area contributed by atoms with Gasteiger partial charge in [0.15, 0.2) is 5.60 Å². The first kappa shape index (κ1) is 11.7. The van der Waals surface area contributed by atoms with Gasteiger partial charge in [-0.3, -0.25) is 0 Å². The molecule has 0 aliphatic carbocycles. The zero-order valence-electron chi connectivity index (χ0n) is 8.45. The Labute approximate surface area is 96.8 Å². The lowest BCUT2D eigenvalue weighted by atomic mass is 10.1. The quantitative estimate of drug-likeness (QED) is 0.775. The van der Waals surface area contributed by atoms with Crippen LogP contribution in [0.3, 0.4) is 0 Å². The lowest BCUT2D eigenvalue weighted by Crippen LogP contribution is -2.25. The number of carbonyl (C=O) groups is 1. The molecule has 0 aliphatic heterocycles. The summed E-state index contributed by atoms with van der Waals surface area (Å²) in [7, 11) is 0. The number of hydrogen-bond acceptors (Lipinski definition) is 3. The number of hydrogen-bond donors (Lipinski definition) is 0. The molecule has 0 atom stereocenters. The number of nitriles is 1. The second-order valence-electron chi connectivity index (χ2n) is 3.52. The Balaban J connectivity index is 2.79. The van der Waals surface area contributed by atoms with E-state index in [-0.39, 0.29) is 0 Å². The summed E-state index contributed by atoms with van der Waals surface area (Å²) in [5.74, 6) is -0.492. The average molecular weight is 268 g/mol. The minimum Gasteiger partial charge on any atom is -0.441 e. The van der Waals surface area contributed by atoms with Crippen molar-refractivity contribution in [3.63, 3.8) is 0 Å². The van der Waals surface area contributed by atoms with Crippen molar-refractivity contribution in [3.8, 4) is 6.07 Å². The van der Waals surface area contributed by atoms with Gasteiger partial charge in [0, 0.05) is 4.47 Å². The van der Waals surface area contributed by atoms with Crippen LogP contribution in [0.4, 0.5) is 0 Å². The molecule has 4 heteroatoms. The predicted molar refractivity (Wildman–Crippen MR) is 59.2 cm³/mol.